The third-order valence-electron chi connectivity index (χ3n) is 2.42. The van der Waals surface area contributed by atoms with Crippen LogP contribution in [-0.2, 0) is 0 Å². The number of ether oxygens (including phenoxy) is 1. The van der Waals surface area contributed by atoms with Gasteiger partial charge in [-0.1, -0.05) is 35.8 Å². The number of hydrogen-bond donors (Lipinski definition) is 1. The Morgan fingerprint density at radius 1 is 1.47 bits per heavy atom. The van der Waals surface area contributed by atoms with Crippen LogP contribution in [0.3, 0.4) is 0 Å². The summed E-state index contributed by atoms with van der Waals surface area (Å²) in [5, 5.41) is 3.76. The molecule has 1 rings (SSSR count). The van der Waals surface area contributed by atoms with Gasteiger partial charge in [-0.3, -0.25) is 4.79 Å². The van der Waals surface area contributed by atoms with Crippen LogP contribution in [0.25, 0.3) is 0 Å². The molecule has 94 valence electrons. The van der Waals surface area contributed by atoms with E-state index in [4.69, 9.17) is 4.74 Å². The average Bonchev–Trinajstić information content (AvgIpc) is 2.36. The van der Waals surface area contributed by atoms with E-state index < -0.39 is 0 Å². The summed E-state index contributed by atoms with van der Waals surface area (Å²) in [4.78, 5) is 11.9. The maximum atomic E-state index is 11.9. The van der Waals surface area contributed by atoms with E-state index in [2.05, 4.69) is 35.1 Å². The average molecular weight is 300 g/mol. The van der Waals surface area contributed by atoms with Gasteiger partial charge in [0.2, 0.25) is 0 Å². The fraction of sp³-hybridized carbons (Fsp3) is 0.462. The predicted molar refractivity (Wildman–Crippen MR) is 72.9 cm³/mol. The van der Waals surface area contributed by atoms with Gasteiger partial charge < -0.3 is 10.1 Å². The van der Waals surface area contributed by atoms with Crippen LogP contribution >= 0.6 is 15.9 Å². The number of carbonyl (C=O) groups excluding carboxylic acids is 1. The van der Waals surface area contributed by atoms with Crippen LogP contribution in [0.1, 0.15) is 24.2 Å². The Kier molecular flexibility index (Phi) is 5.00. The first-order chi connectivity index (χ1) is 7.98. The quantitative estimate of drug-likeness (QED) is 0.849. The minimum Gasteiger partial charge on any atom is -0.497 e. The summed E-state index contributed by atoms with van der Waals surface area (Å²) in [6.07, 6.45) is 0. The molecule has 3 nitrogen and oxygen atoms in total. The Hall–Kier alpha value is -1.03. The molecule has 0 fully saturated rings. The SMILES string of the molecule is COc1cccc(C(=O)NCC(C)(C)CBr)c1. The molecule has 0 atom stereocenters. The van der Waals surface area contributed by atoms with Gasteiger partial charge >= 0.3 is 0 Å². The maximum Gasteiger partial charge on any atom is 0.251 e. The summed E-state index contributed by atoms with van der Waals surface area (Å²) >= 11 is 3.43. The molecule has 0 unspecified atom stereocenters. The van der Waals surface area contributed by atoms with E-state index in [0.717, 1.165) is 5.33 Å². The van der Waals surface area contributed by atoms with Crippen molar-refractivity contribution >= 4 is 21.8 Å². The maximum absolute atomic E-state index is 11.9. The fourth-order valence-corrected chi connectivity index (χ4v) is 1.43. The number of rotatable bonds is 5. The van der Waals surface area contributed by atoms with Gasteiger partial charge in [0.05, 0.1) is 7.11 Å². The highest BCUT2D eigenvalue weighted by Crippen LogP contribution is 2.17. The summed E-state index contributed by atoms with van der Waals surface area (Å²) < 4.78 is 5.08. The molecular weight excluding hydrogens is 282 g/mol. The highest BCUT2D eigenvalue weighted by atomic mass is 79.9. The van der Waals surface area contributed by atoms with E-state index in [0.29, 0.717) is 17.9 Å². The van der Waals surface area contributed by atoms with Gasteiger partial charge in [0.15, 0.2) is 0 Å². The van der Waals surface area contributed by atoms with Gasteiger partial charge in [-0.2, -0.15) is 0 Å². The molecule has 0 heterocycles. The summed E-state index contributed by atoms with van der Waals surface area (Å²) in [5.41, 5.74) is 0.670. The van der Waals surface area contributed by atoms with Crippen molar-refractivity contribution in [2.45, 2.75) is 13.8 Å². The van der Waals surface area contributed by atoms with Crippen molar-refractivity contribution in [2.75, 3.05) is 19.0 Å². The lowest BCUT2D eigenvalue weighted by molar-refractivity contribution is 0.0940. The molecular formula is C13H18BrNO2. The zero-order valence-electron chi connectivity index (χ0n) is 10.4. The molecule has 0 spiro atoms. The molecule has 0 bridgehead atoms. The molecule has 0 aliphatic rings. The van der Waals surface area contributed by atoms with Crippen molar-refractivity contribution in [3.63, 3.8) is 0 Å². The van der Waals surface area contributed by atoms with E-state index >= 15 is 0 Å². The lowest BCUT2D eigenvalue weighted by atomic mass is 9.97. The second-order valence-corrected chi connectivity index (χ2v) is 5.27. The largest absolute Gasteiger partial charge is 0.497 e. The minimum atomic E-state index is -0.0714. The summed E-state index contributed by atoms with van der Waals surface area (Å²) in [5.74, 6) is 0.621. The number of nitrogens with one attached hydrogen (secondary N) is 1. The lowest BCUT2D eigenvalue weighted by Crippen LogP contribution is -2.34. The molecule has 0 saturated heterocycles. The highest BCUT2D eigenvalue weighted by molar-refractivity contribution is 9.09. The second kappa shape index (κ2) is 6.05. The number of amides is 1. The molecule has 0 aliphatic heterocycles. The summed E-state index contributed by atoms with van der Waals surface area (Å²) in [6, 6.07) is 7.14. The number of hydrogen-bond acceptors (Lipinski definition) is 2. The van der Waals surface area contributed by atoms with Crippen molar-refractivity contribution < 1.29 is 9.53 Å². The molecule has 4 heteroatoms. The standard InChI is InChI=1S/C13H18BrNO2/c1-13(2,8-14)9-15-12(16)10-5-4-6-11(7-10)17-3/h4-7H,8-9H2,1-3H3,(H,15,16). The molecule has 1 aromatic rings. The van der Waals surface area contributed by atoms with Gasteiger partial charge in [-0.05, 0) is 23.6 Å². The van der Waals surface area contributed by atoms with E-state index in [1.165, 1.54) is 0 Å². The Morgan fingerprint density at radius 2 is 2.18 bits per heavy atom. The lowest BCUT2D eigenvalue weighted by Gasteiger charge is -2.21. The summed E-state index contributed by atoms with van der Waals surface area (Å²) in [6.45, 7) is 4.81. The van der Waals surface area contributed by atoms with Crippen LogP contribution in [0, 0.1) is 5.41 Å². The number of benzene rings is 1. The van der Waals surface area contributed by atoms with Crippen LogP contribution in [0.5, 0.6) is 5.75 Å². The third kappa shape index (κ3) is 4.38. The van der Waals surface area contributed by atoms with Crippen molar-refractivity contribution in [2.24, 2.45) is 5.41 Å². The highest BCUT2D eigenvalue weighted by Gasteiger charge is 2.17. The van der Waals surface area contributed by atoms with Crippen molar-refractivity contribution in [3.8, 4) is 5.75 Å². The summed E-state index contributed by atoms with van der Waals surface area (Å²) in [7, 11) is 1.59. The predicted octanol–water partition coefficient (Wildman–Crippen LogP) is 2.85. The van der Waals surface area contributed by atoms with Gasteiger partial charge in [0.1, 0.15) is 5.75 Å². The molecule has 0 radical (unpaired) electrons. The molecule has 1 aromatic carbocycles. The second-order valence-electron chi connectivity index (χ2n) is 4.71. The van der Waals surface area contributed by atoms with Crippen LogP contribution < -0.4 is 10.1 Å². The Morgan fingerprint density at radius 3 is 2.76 bits per heavy atom. The molecule has 1 amide bonds. The molecule has 1 N–H and O–H groups in total. The van der Waals surface area contributed by atoms with Crippen molar-refractivity contribution in [3.05, 3.63) is 29.8 Å². The molecule has 0 aromatic heterocycles. The van der Waals surface area contributed by atoms with Gasteiger partial charge in [-0.25, -0.2) is 0 Å². The zero-order chi connectivity index (χ0) is 12.9. The van der Waals surface area contributed by atoms with Crippen LogP contribution in [0.15, 0.2) is 24.3 Å². The monoisotopic (exact) mass is 299 g/mol. The van der Waals surface area contributed by atoms with Gasteiger partial charge in [0, 0.05) is 17.4 Å². The van der Waals surface area contributed by atoms with Gasteiger partial charge in [-0.15, -0.1) is 0 Å². The minimum absolute atomic E-state index is 0.0501. The Labute approximate surface area is 111 Å². The number of halogens is 1. The first-order valence-corrected chi connectivity index (χ1v) is 6.59. The van der Waals surface area contributed by atoms with Crippen molar-refractivity contribution in [1.82, 2.24) is 5.32 Å². The number of methoxy groups -OCH3 is 1. The Bertz CT molecular complexity index is 391. The molecule has 17 heavy (non-hydrogen) atoms. The normalized spacial score (nSPS) is 11.1. The van der Waals surface area contributed by atoms with Crippen LogP contribution in [0.2, 0.25) is 0 Å². The molecule has 0 saturated carbocycles. The van der Waals surface area contributed by atoms with E-state index in [1.54, 1.807) is 19.2 Å². The number of carbonyl (C=O) groups is 1. The zero-order valence-corrected chi connectivity index (χ0v) is 12.0. The van der Waals surface area contributed by atoms with Crippen molar-refractivity contribution in [1.29, 1.82) is 0 Å². The van der Waals surface area contributed by atoms with Crippen LogP contribution in [-0.4, -0.2) is 24.9 Å². The first-order valence-electron chi connectivity index (χ1n) is 5.47. The number of alkyl halides is 1. The fourth-order valence-electron chi connectivity index (χ4n) is 1.23. The first kappa shape index (κ1) is 14.0. The van der Waals surface area contributed by atoms with E-state index in [1.807, 2.05) is 12.1 Å². The van der Waals surface area contributed by atoms with E-state index in [-0.39, 0.29) is 11.3 Å². The Balaban J connectivity index is 2.64. The molecule has 0 aliphatic carbocycles. The van der Waals surface area contributed by atoms with Crippen LogP contribution in [0.4, 0.5) is 0 Å². The van der Waals surface area contributed by atoms with E-state index in [9.17, 15) is 4.79 Å². The smallest absolute Gasteiger partial charge is 0.251 e. The van der Waals surface area contributed by atoms with Gasteiger partial charge in [0.25, 0.3) is 5.91 Å². The third-order valence-corrected chi connectivity index (χ3v) is 3.94. The topological polar surface area (TPSA) is 38.3 Å².